The van der Waals surface area contributed by atoms with Gasteiger partial charge in [-0.05, 0) is 42.0 Å². The first kappa shape index (κ1) is 15.6. The van der Waals surface area contributed by atoms with Gasteiger partial charge in [-0.1, -0.05) is 19.1 Å². The maximum absolute atomic E-state index is 4.54. The molecule has 0 bridgehead atoms. The zero-order valence-electron chi connectivity index (χ0n) is 14.6. The van der Waals surface area contributed by atoms with Crippen LogP contribution >= 0.6 is 0 Å². The zero-order chi connectivity index (χ0) is 17.4. The fourth-order valence-corrected chi connectivity index (χ4v) is 2.87. The van der Waals surface area contributed by atoms with Gasteiger partial charge in [0.15, 0.2) is 5.65 Å². The molecule has 0 saturated heterocycles. The van der Waals surface area contributed by atoms with Gasteiger partial charge in [0.25, 0.3) is 0 Å². The van der Waals surface area contributed by atoms with Crippen molar-refractivity contribution in [3.8, 4) is 0 Å². The fourth-order valence-electron chi connectivity index (χ4n) is 2.87. The van der Waals surface area contributed by atoms with Gasteiger partial charge in [0.1, 0.15) is 11.0 Å². The smallest absolute Gasteiger partial charge is 0.201 e. The molecule has 0 aliphatic carbocycles. The van der Waals surface area contributed by atoms with Crippen LogP contribution in [0.15, 0.2) is 24.5 Å². The molecule has 1 unspecified atom stereocenters. The number of rotatable bonds is 5. The Hall–Kier alpha value is -2.90. The van der Waals surface area contributed by atoms with Gasteiger partial charge < -0.3 is 0 Å². The van der Waals surface area contributed by atoms with Crippen LogP contribution < -0.4 is 0 Å². The number of hydrogen-bond acceptors (Lipinski definition) is 6. The van der Waals surface area contributed by atoms with E-state index in [1.54, 1.807) is 9.48 Å². The lowest BCUT2D eigenvalue weighted by Crippen LogP contribution is -2.06. The number of pyridine rings is 2. The zero-order valence-corrected chi connectivity index (χ0v) is 14.6. The third-order valence-corrected chi connectivity index (χ3v) is 4.54. The Morgan fingerprint density at radius 2 is 1.96 bits per heavy atom. The van der Waals surface area contributed by atoms with Gasteiger partial charge in [-0.15, -0.1) is 10.2 Å². The molecular weight excluding hydrogens is 316 g/mol. The predicted molar refractivity (Wildman–Crippen MR) is 94.0 cm³/mol. The van der Waals surface area contributed by atoms with Crippen molar-refractivity contribution in [3.05, 3.63) is 35.7 Å². The average molecular weight is 336 g/mol. The van der Waals surface area contributed by atoms with Gasteiger partial charge in [-0.3, -0.25) is 0 Å². The summed E-state index contributed by atoms with van der Waals surface area (Å²) in [5.41, 5.74) is 5.51. The fraction of sp³-hybridized carbons (Fsp3) is 0.412. The Morgan fingerprint density at radius 3 is 2.80 bits per heavy atom. The molecule has 0 amide bonds. The van der Waals surface area contributed by atoms with Crippen molar-refractivity contribution in [3.63, 3.8) is 0 Å². The molecule has 8 nitrogen and oxygen atoms in total. The van der Waals surface area contributed by atoms with E-state index in [1.807, 2.05) is 19.4 Å². The number of aryl methyl sites for hydroxylation is 3. The molecule has 0 spiro atoms. The number of nitrogens with zero attached hydrogens (tertiary/aromatic N) is 8. The van der Waals surface area contributed by atoms with Crippen molar-refractivity contribution in [2.24, 2.45) is 7.05 Å². The molecule has 0 fully saturated rings. The van der Waals surface area contributed by atoms with Crippen molar-refractivity contribution in [1.29, 1.82) is 0 Å². The Morgan fingerprint density at radius 1 is 1.08 bits per heavy atom. The highest BCUT2D eigenvalue weighted by molar-refractivity contribution is 5.70. The summed E-state index contributed by atoms with van der Waals surface area (Å²) in [6, 6.07) is 4.11. The van der Waals surface area contributed by atoms with Crippen molar-refractivity contribution < 1.29 is 0 Å². The van der Waals surface area contributed by atoms with Crippen molar-refractivity contribution >= 4 is 22.3 Å². The number of hydrogen-bond donors (Lipinski definition) is 0. The molecule has 0 aliphatic heterocycles. The number of aromatic nitrogens is 8. The summed E-state index contributed by atoms with van der Waals surface area (Å²) in [5.74, 6) is 0.326. The summed E-state index contributed by atoms with van der Waals surface area (Å²) < 4.78 is 1.68. The maximum Gasteiger partial charge on any atom is 0.201 e. The lowest BCUT2D eigenvalue weighted by Gasteiger charge is -2.10. The standard InChI is InChI=1S/C17H20N8/c1-4-12-7-14-16(18-9-12)22-25(21-14)6-5-11(2)13-8-15-17(19-10-13)24(3)23-20-15/h7-11H,4-6H2,1-3H3. The summed E-state index contributed by atoms with van der Waals surface area (Å²) in [6.45, 7) is 5.02. The SMILES string of the molecule is CCc1cnc2nn(CCC(C)c3cnc4c(c3)nnn4C)nc2c1. The third-order valence-electron chi connectivity index (χ3n) is 4.54. The van der Waals surface area contributed by atoms with Crippen LogP contribution in [0.5, 0.6) is 0 Å². The van der Waals surface area contributed by atoms with Crippen LogP contribution in [0.3, 0.4) is 0 Å². The molecule has 0 aliphatic rings. The molecule has 1 atom stereocenters. The number of fused-ring (bicyclic) bond motifs is 2. The maximum atomic E-state index is 4.54. The second-order valence-corrected chi connectivity index (χ2v) is 6.35. The lowest BCUT2D eigenvalue weighted by molar-refractivity contribution is 0.486. The van der Waals surface area contributed by atoms with Gasteiger partial charge in [-0.25, -0.2) is 14.6 Å². The molecule has 8 heteroatoms. The van der Waals surface area contributed by atoms with E-state index >= 15 is 0 Å². The molecule has 4 heterocycles. The molecule has 4 aromatic heterocycles. The first-order valence-electron chi connectivity index (χ1n) is 8.49. The molecule has 4 rings (SSSR count). The van der Waals surface area contributed by atoms with E-state index < -0.39 is 0 Å². The van der Waals surface area contributed by atoms with E-state index in [4.69, 9.17) is 0 Å². The second-order valence-electron chi connectivity index (χ2n) is 6.35. The monoisotopic (exact) mass is 336 g/mol. The predicted octanol–water partition coefficient (Wildman–Crippen LogP) is 2.26. The summed E-state index contributed by atoms with van der Waals surface area (Å²) in [7, 11) is 1.84. The van der Waals surface area contributed by atoms with Crippen LogP contribution in [0.2, 0.25) is 0 Å². The largest absolute Gasteiger partial charge is 0.235 e. The van der Waals surface area contributed by atoms with Gasteiger partial charge in [0.2, 0.25) is 5.65 Å². The van der Waals surface area contributed by atoms with Crippen LogP contribution in [0.1, 0.15) is 37.3 Å². The van der Waals surface area contributed by atoms with Crippen molar-refractivity contribution in [2.45, 2.75) is 39.2 Å². The topological polar surface area (TPSA) is 87.2 Å². The minimum absolute atomic E-state index is 0.326. The molecule has 128 valence electrons. The molecule has 25 heavy (non-hydrogen) atoms. The van der Waals surface area contributed by atoms with Crippen LogP contribution in [0.4, 0.5) is 0 Å². The third kappa shape index (κ3) is 2.95. The molecule has 4 aromatic rings. The molecular formula is C17H20N8. The summed E-state index contributed by atoms with van der Waals surface area (Å²) in [6.07, 6.45) is 5.63. The van der Waals surface area contributed by atoms with E-state index in [2.05, 4.69) is 56.5 Å². The van der Waals surface area contributed by atoms with Crippen LogP contribution in [-0.4, -0.2) is 40.0 Å². The molecule has 0 aromatic carbocycles. The normalized spacial score (nSPS) is 12.9. The molecule has 0 N–H and O–H groups in total. The Bertz CT molecular complexity index is 1030. The molecule has 0 radical (unpaired) electrons. The van der Waals surface area contributed by atoms with Crippen LogP contribution in [0.25, 0.3) is 22.3 Å². The van der Waals surface area contributed by atoms with Gasteiger partial charge in [0, 0.05) is 19.4 Å². The highest BCUT2D eigenvalue weighted by atomic mass is 15.5. The minimum Gasteiger partial charge on any atom is -0.235 e. The Kier molecular flexibility index (Phi) is 3.87. The first-order valence-corrected chi connectivity index (χ1v) is 8.49. The van der Waals surface area contributed by atoms with Crippen molar-refractivity contribution in [1.82, 2.24) is 40.0 Å². The van der Waals surface area contributed by atoms with E-state index in [9.17, 15) is 0 Å². The Balaban J connectivity index is 1.49. The van der Waals surface area contributed by atoms with Crippen LogP contribution in [0, 0.1) is 0 Å². The first-order chi connectivity index (χ1) is 12.1. The molecule has 0 saturated carbocycles. The summed E-state index contributed by atoms with van der Waals surface area (Å²) in [5, 5.41) is 17.1. The van der Waals surface area contributed by atoms with E-state index in [0.717, 1.165) is 41.6 Å². The van der Waals surface area contributed by atoms with Gasteiger partial charge in [-0.2, -0.15) is 9.90 Å². The van der Waals surface area contributed by atoms with Gasteiger partial charge >= 0.3 is 0 Å². The second kappa shape index (κ2) is 6.19. The highest BCUT2D eigenvalue weighted by Gasteiger charge is 2.12. The highest BCUT2D eigenvalue weighted by Crippen LogP contribution is 2.21. The van der Waals surface area contributed by atoms with E-state index in [1.165, 1.54) is 5.56 Å². The Labute approximate surface area is 144 Å². The average Bonchev–Trinajstić information content (AvgIpc) is 3.21. The quantitative estimate of drug-likeness (QED) is 0.555. The van der Waals surface area contributed by atoms with Gasteiger partial charge in [0.05, 0.1) is 6.54 Å². The minimum atomic E-state index is 0.326. The summed E-state index contributed by atoms with van der Waals surface area (Å²) >= 11 is 0. The van der Waals surface area contributed by atoms with E-state index in [0.29, 0.717) is 11.6 Å². The van der Waals surface area contributed by atoms with Crippen molar-refractivity contribution in [2.75, 3.05) is 0 Å². The van der Waals surface area contributed by atoms with E-state index in [-0.39, 0.29) is 0 Å². The lowest BCUT2D eigenvalue weighted by atomic mass is 9.99. The van der Waals surface area contributed by atoms with Crippen LogP contribution in [-0.2, 0) is 20.0 Å². The summed E-state index contributed by atoms with van der Waals surface area (Å²) in [4.78, 5) is 10.6.